The van der Waals surface area contributed by atoms with Crippen molar-refractivity contribution in [3.8, 4) is 0 Å². The molecule has 0 aliphatic carbocycles. The van der Waals surface area contributed by atoms with Gasteiger partial charge >= 0.3 is 11.7 Å². The minimum absolute atomic E-state index is 0.0315. The molecule has 28 heavy (non-hydrogen) atoms. The van der Waals surface area contributed by atoms with E-state index in [4.69, 9.17) is 0 Å². The normalized spacial score (nSPS) is 15.0. The van der Waals surface area contributed by atoms with E-state index in [1.165, 1.54) is 4.68 Å². The monoisotopic (exact) mass is 385 g/mol. The van der Waals surface area contributed by atoms with Crippen molar-refractivity contribution in [1.82, 2.24) is 25.0 Å². The van der Waals surface area contributed by atoms with Crippen LogP contribution in [0.4, 0.5) is 4.79 Å². The summed E-state index contributed by atoms with van der Waals surface area (Å²) in [5.41, 5.74) is 0.943. The maximum Gasteiger partial charge on any atom is 0.345 e. The van der Waals surface area contributed by atoms with Crippen molar-refractivity contribution in [1.29, 1.82) is 0 Å². The molecule has 0 radical (unpaired) electrons. The van der Waals surface area contributed by atoms with E-state index in [0.29, 0.717) is 19.5 Å². The van der Waals surface area contributed by atoms with Gasteiger partial charge in [-0.3, -0.25) is 4.57 Å². The Kier molecular flexibility index (Phi) is 6.21. The molecule has 1 unspecified atom stereocenters. The summed E-state index contributed by atoms with van der Waals surface area (Å²) in [4.78, 5) is 24.7. The molecule has 1 atom stereocenters. The molecular weight excluding hydrogens is 354 g/mol. The first-order valence-corrected chi connectivity index (χ1v) is 10.1. The largest absolute Gasteiger partial charge is 0.345 e. The minimum Gasteiger partial charge on any atom is -0.338 e. The first-order chi connectivity index (χ1) is 13.4. The highest BCUT2D eigenvalue weighted by molar-refractivity contribution is 5.74. The van der Waals surface area contributed by atoms with Crippen molar-refractivity contribution in [2.75, 3.05) is 6.54 Å². The Hall–Kier alpha value is -2.57. The first kappa shape index (κ1) is 20.2. The quantitative estimate of drug-likeness (QED) is 0.750. The van der Waals surface area contributed by atoms with E-state index < -0.39 is 0 Å². The van der Waals surface area contributed by atoms with Crippen LogP contribution in [0.15, 0.2) is 35.1 Å². The highest BCUT2D eigenvalue weighted by Gasteiger charge is 2.27. The van der Waals surface area contributed by atoms with Gasteiger partial charge in [0.15, 0.2) is 0 Å². The van der Waals surface area contributed by atoms with E-state index in [-0.39, 0.29) is 23.2 Å². The fraction of sp³-hybridized carbons (Fsp3) is 0.571. The zero-order chi connectivity index (χ0) is 20.1. The van der Waals surface area contributed by atoms with Crippen molar-refractivity contribution in [3.05, 3.63) is 52.2 Å². The van der Waals surface area contributed by atoms with E-state index in [1.54, 1.807) is 4.57 Å². The number of urea groups is 1. The van der Waals surface area contributed by atoms with Crippen LogP contribution in [0.5, 0.6) is 0 Å². The topological polar surface area (TPSA) is 81.0 Å². The Labute approximate surface area is 166 Å². The highest BCUT2D eigenvalue weighted by Crippen LogP contribution is 2.32. The Morgan fingerprint density at radius 3 is 2.64 bits per heavy atom. The van der Waals surface area contributed by atoms with Gasteiger partial charge in [0.2, 0.25) is 0 Å². The summed E-state index contributed by atoms with van der Waals surface area (Å²) in [6.45, 7) is 8.10. The highest BCUT2D eigenvalue weighted by atomic mass is 16.2. The third kappa shape index (κ3) is 4.82. The number of rotatable bonds is 6. The standard InChI is InChI=1S/C21H31N5O2/c1-21(2,3)18(16-10-5-4-6-11-16)23-19(27)22-13-9-15-26-20(28)25-14-8-7-12-17(25)24-26/h4-6,10-11,18H,7-9,12-15H2,1-3H3,(H2,22,23,27). The number of nitrogens with zero attached hydrogens (tertiary/aromatic N) is 3. The predicted molar refractivity (Wildman–Crippen MR) is 109 cm³/mol. The molecule has 3 rings (SSSR count). The molecule has 2 amide bonds. The van der Waals surface area contributed by atoms with Gasteiger partial charge in [0.25, 0.3) is 0 Å². The lowest BCUT2D eigenvalue weighted by molar-refractivity contribution is 0.218. The number of carbonyl (C=O) groups is 1. The van der Waals surface area contributed by atoms with Crippen molar-refractivity contribution in [3.63, 3.8) is 0 Å². The molecule has 2 N–H and O–H groups in total. The molecule has 2 aromatic rings. The molecule has 1 aromatic heterocycles. The van der Waals surface area contributed by atoms with Gasteiger partial charge in [-0.25, -0.2) is 14.3 Å². The van der Waals surface area contributed by atoms with E-state index in [0.717, 1.165) is 37.2 Å². The number of nitrogens with one attached hydrogen (secondary N) is 2. The van der Waals surface area contributed by atoms with Crippen LogP contribution in [0.1, 0.15) is 57.5 Å². The zero-order valence-corrected chi connectivity index (χ0v) is 17.1. The molecule has 152 valence electrons. The molecule has 0 saturated heterocycles. The van der Waals surface area contributed by atoms with Crippen molar-refractivity contribution in [2.24, 2.45) is 5.41 Å². The lowest BCUT2D eigenvalue weighted by atomic mass is 9.82. The second kappa shape index (κ2) is 8.63. The van der Waals surface area contributed by atoms with Gasteiger partial charge in [0.05, 0.1) is 6.04 Å². The Bertz CT molecular complexity index is 848. The average Bonchev–Trinajstić information content (AvgIpc) is 2.99. The summed E-state index contributed by atoms with van der Waals surface area (Å²) in [7, 11) is 0. The van der Waals surface area contributed by atoms with Crippen LogP contribution in [0.2, 0.25) is 0 Å². The molecule has 2 heterocycles. The number of fused-ring (bicyclic) bond motifs is 1. The number of aromatic nitrogens is 3. The predicted octanol–water partition coefficient (Wildman–Crippen LogP) is 2.86. The second-order valence-corrected chi connectivity index (χ2v) is 8.49. The number of hydrogen-bond acceptors (Lipinski definition) is 3. The summed E-state index contributed by atoms with van der Waals surface area (Å²) in [5.74, 6) is 0.887. The maximum absolute atomic E-state index is 12.4. The van der Waals surface area contributed by atoms with E-state index in [1.807, 2.05) is 30.3 Å². The molecule has 0 spiro atoms. The van der Waals surface area contributed by atoms with Crippen LogP contribution in [-0.2, 0) is 19.5 Å². The number of amides is 2. The van der Waals surface area contributed by atoms with Crippen LogP contribution in [0, 0.1) is 5.41 Å². The molecule has 0 bridgehead atoms. The fourth-order valence-electron chi connectivity index (χ4n) is 3.65. The van der Waals surface area contributed by atoms with Crippen molar-refractivity contribution >= 4 is 6.03 Å². The van der Waals surface area contributed by atoms with Gasteiger partial charge in [-0.15, -0.1) is 0 Å². The lowest BCUT2D eigenvalue weighted by Crippen LogP contribution is -2.43. The van der Waals surface area contributed by atoms with Crippen molar-refractivity contribution in [2.45, 2.75) is 65.6 Å². The lowest BCUT2D eigenvalue weighted by Gasteiger charge is -2.32. The molecule has 1 aromatic carbocycles. The molecule has 7 heteroatoms. The average molecular weight is 386 g/mol. The molecule has 7 nitrogen and oxygen atoms in total. The first-order valence-electron chi connectivity index (χ1n) is 10.1. The van der Waals surface area contributed by atoms with Crippen LogP contribution in [0.3, 0.4) is 0 Å². The van der Waals surface area contributed by atoms with Gasteiger partial charge in [-0.1, -0.05) is 51.1 Å². The van der Waals surface area contributed by atoms with Crippen LogP contribution in [0.25, 0.3) is 0 Å². The second-order valence-electron chi connectivity index (χ2n) is 8.49. The molecule has 0 fully saturated rings. The zero-order valence-electron chi connectivity index (χ0n) is 17.1. The smallest absolute Gasteiger partial charge is 0.338 e. The van der Waals surface area contributed by atoms with Gasteiger partial charge in [-0.05, 0) is 30.2 Å². The minimum atomic E-state index is -0.194. The van der Waals surface area contributed by atoms with E-state index in [2.05, 4.69) is 36.5 Å². The van der Waals surface area contributed by atoms with Crippen LogP contribution >= 0.6 is 0 Å². The number of benzene rings is 1. The SMILES string of the molecule is CC(C)(C)C(NC(=O)NCCCn1nc2n(c1=O)CCCC2)c1ccccc1. The molecule has 0 saturated carbocycles. The van der Waals surface area contributed by atoms with E-state index in [9.17, 15) is 9.59 Å². The summed E-state index contributed by atoms with van der Waals surface area (Å²) in [6, 6.07) is 9.72. The van der Waals surface area contributed by atoms with Gasteiger partial charge in [-0.2, -0.15) is 5.10 Å². The van der Waals surface area contributed by atoms with Crippen LogP contribution < -0.4 is 16.3 Å². The summed E-state index contributed by atoms with van der Waals surface area (Å²) in [5, 5.41) is 10.4. The third-order valence-corrected chi connectivity index (χ3v) is 5.14. The fourth-order valence-corrected chi connectivity index (χ4v) is 3.65. The molecule has 1 aliphatic rings. The Morgan fingerprint density at radius 2 is 1.96 bits per heavy atom. The number of hydrogen-bond donors (Lipinski definition) is 2. The van der Waals surface area contributed by atoms with E-state index >= 15 is 0 Å². The van der Waals surface area contributed by atoms with Gasteiger partial charge < -0.3 is 10.6 Å². The Morgan fingerprint density at radius 1 is 1.21 bits per heavy atom. The van der Waals surface area contributed by atoms with Crippen LogP contribution in [-0.4, -0.2) is 26.9 Å². The molecule has 1 aliphatic heterocycles. The summed E-state index contributed by atoms with van der Waals surface area (Å²) in [6.07, 6.45) is 3.66. The Balaban J connectivity index is 1.50. The maximum atomic E-state index is 12.4. The van der Waals surface area contributed by atoms with Crippen molar-refractivity contribution < 1.29 is 4.79 Å². The third-order valence-electron chi connectivity index (χ3n) is 5.14. The number of carbonyl (C=O) groups excluding carboxylic acids is 1. The molecular formula is C21H31N5O2. The summed E-state index contributed by atoms with van der Waals surface area (Å²) < 4.78 is 3.31. The van der Waals surface area contributed by atoms with Gasteiger partial charge in [0.1, 0.15) is 5.82 Å². The van der Waals surface area contributed by atoms with Gasteiger partial charge in [0, 0.05) is 26.1 Å². The number of aryl methyl sites for hydroxylation is 2. The summed E-state index contributed by atoms with van der Waals surface area (Å²) >= 11 is 0.